The Kier molecular flexibility index (Phi) is 7.49. The molecule has 0 fully saturated rings. The van der Waals surface area contributed by atoms with Gasteiger partial charge in [-0.25, -0.2) is 0 Å². The van der Waals surface area contributed by atoms with E-state index in [0.717, 1.165) is 18.4 Å². The van der Waals surface area contributed by atoms with Gasteiger partial charge in [0.2, 0.25) is 0 Å². The Morgan fingerprint density at radius 3 is 2.44 bits per heavy atom. The molecule has 7 heteroatoms. The van der Waals surface area contributed by atoms with E-state index >= 15 is 0 Å². The first-order valence-corrected chi connectivity index (χ1v) is 9.12. The molecule has 6 nitrogen and oxygen atoms in total. The van der Waals surface area contributed by atoms with Crippen molar-refractivity contribution in [1.82, 2.24) is 10.6 Å². The lowest BCUT2D eigenvalue weighted by molar-refractivity contribution is 0.0940. The third kappa shape index (κ3) is 5.62. The van der Waals surface area contributed by atoms with Gasteiger partial charge < -0.3 is 21.1 Å². The van der Waals surface area contributed by atoms with E-state index in [4.69, 9.17) is 22.1 Å². The van der Waals surface area contributed by atoms with Gasteiger partial charge in [-0.2, -0.15) is 0 Å². The number of benzene rings is 2. The number of ether oxygens (including phenoxy) is 1. The molecular weight excluding hydrogens is 366 g/mol. The molecule has 0 heterocycles. The third-order valence-electron chi connectivity index (χ3n) is 4.05. The number of amides is 2. The van der Waals surface area contributed by atoms with Crippen LogP contribution in [0.4, 0.5) is 5.69 Å². The number of hydrogen-bond donors (Lipinski definition) is 3. The average molecular weight is 390 g/mol. The van der Waals surface area contributed by atoms with Crippen molar-refractivity contribution >= 4 is 29.1 Å². The lowest BCUT2D eigenvalue weighted by atomic mass is 10.1. The van der Waals surface area contributed by atoms with Gasteiger partial charge in [0.05, 0.1) is 23.4 Å². The number of halogens is 1. The monoisotopic (exact) mass is 389 g/mol. The molecule has 0 saturated heterocycles. The Morgan fingerprint density at radius 2 is 1.81 bits per heavy atom. The van der Waals surface area contributed by atoms with Crippen molar-refractivity contribution in [1.29, 1.82) is 0 Å². The number of nitrogen functional groups attached to an aromatic ring is 1. The Labute approximate surface area is 164 Å². The van der Waals surface area contributed by atoms with Crippen LogP contribution in [-0.2, 0) is 6.54 Å². The summed E-state index contributed by atoms with van der Waals surface area (Å²) >= 11 is 6.00. The molecule has 144 valence electrons. The first-order valence-electron chi connectivity index (χ1n) is 8.74. The number of hydrogen-bond acceptors (Lipinski definition) is 4. The summed E-state index contributed by atoms with van der Waals surface area (Å²) in [6.45, 7) is 3.05. The van der Waals surface area contributed by atoms with Gasteiger partial charge in [0.25, 0.3) is 11.8 Å². The van der Waals surface area contributed by atoms with E-state index in [9.17, 15) is 9.59 Å². The second kappa shape index (κ2) is 9.83. The molecule has 0 radical (unpaired) electrons. The number of unbranched alkanes of at least 4 members (excludes halogenated alkanes) is 1. The molecule has 2 aromatic carbocycles. The molecule has 0 saturated carbocycles. The fourth-order valence-corrected chi connectivity index (χ4v) is 2.61. The summed E-state index contributed by atoms with van der Waals surface area (Å²) in [6.07, 6.45) is 1.98. The van der Waals surface area contributed by atoms with Gasteiger partial charge in [-0.05, 0) is 30.2 Å². The number of methoxy groups -OCH3 is 1. The highest BCUT2D eigenvalue weighted by Crippen LogP contribution is 2.28. The standard InChI is InChI=1S/C20H24ClN3O3/c1-3-4-9-23-19(25)14-7-5-13(6-8-14)12-24-20(26)15-10-16(21)17(22)11-18(15)27-2/h5-8,10-11H,3-4,9,12,22H2,1-2H3,(H,23,25)(H,24,26). The van der Waals surface area contributed by atoms with E-state index in [2.05, 4.69) is 17.6 Å². The topological polar surface area (TPSA) is 93.5 Å². The number of nitrogens with two attached hydrogens (primary N) is 1. The molecule has 0 unspecified atom stereocenters. The maximum absolute atomic E-state index is 12.4. The van der Waals surface area contributed by atoms with Gasteiger partial charge in [-0.1, -0.05) is 37.1 Å². The Balaban J connectivity index is 1.98. The summed E-state index contributed by atoms with van der Waals surface area (Å²) in [5, 5.41) is 5.97. The molecule has 0 aliphatic carbocycles. The summed E-state index contributed by atoms with van der Waals surface area (Å²) in [4.78, 5) is 24.4. The van der Waals surface area contributed by atoms with Crippen molar-refractivity contribution in [2.75, 3.05) is 19.4 Å². The maximum atomic E-state index is 12.4. The Hall–Kier alpha value is -2.73. The van der Waals surface area contributed by atoms with E-state index in [1.165, 1.54) is 19.2 Å². The van der Waals surface area contributed by atoms with Gasteiger partial charge in [-0.3, -0.25) is 9.59 Å². The molecule has 2 amide bonds. The Bertz CT molecular complexity index is 807. The lowest BCUT2D eigenvalue weighted by Gasteiger charge is -2.11. The van der Waals surface area contributed by atoms with Crippen molar-refractivity contribution in [2.24, 2.45) is 0 Å². The maximum Gasteiger partial charge on any atom is 0.255 e. The minimum Gasteiger partial charge on any atom is -0.496 e. The third-order valence-corrected chi connectivity index (χ3v) is 4.38. The number of nitrogens with one attached hydrogen (secondary N) is 2. The molecular formula is C20H24ClN3O3. The molecule has 2 rings (SSSR count). The molecule has 0 aliphatic rings. The van der Waals surface area contributed by atoms with Crippen LogP contribution >= 0.6 is 11.6 Å². The van der Waals surface area contributed by atoms with Gasteiger partial charge in [0.1, 0.15) is 5.75 Å². The number of rotatable bonds is 8. The van der Waals surface area contributed by atoms with Crippen molar-refractivity contribution in [2.45, 2.75) is 26.3 Å². The zero-order chi connectivity index (χ0) is 19.8. The van der Waals surface area contributed by atoms with Crippen LogP contribution in [0.15, 0.2) is 36.4 Å². The molecule has 0 aliphatic heterocycles. The molecule has 0 spiro atoms. The molecule has 4 N–H and O–H groups in total. The second-order valence-corrected chi connectivity index (χ2v) is 6.47. The van der Waals surface area contributed by atoms with E-state index < -0.39 is 0 Å². The summed E-state index contributed by atoms with van der Waals surface area (Å²) < 4.78 is 5.19. The van der Waals surface area contributed by atoms with Gasteiger partial charge in [-0.15, -0.1) is 0 Å². The van der Waals surface area contributed by atoms with Crippen LogP contribution in [0.3, 0.4) is 0 Å². The van der Waals surface area contributed by atoms with Crippen molar-refractivity contribution in [3.8, 4) is 5.75 Å². The van der Waals surface area contributed by atoms with Crippen LogP contribution in [0, 0.1) is 0 Å². The summed E-state index contributed by atoms with van der Waals surface area (Å²) in [5.41, 5.74) is 7.85. The SMILES string of the molecule is CCCCNC(=O)c1ccc(CNC(=O)c2cc(Cl)c(N)cc2OC)cc1. The fraction of sp³-hybridized carbons (Fsp3) is 0.300. The quantitative estimate of drug-likeness (QED) is 0.476. The number of carbonyl (C=O) groups is 2. The summed E-state index contributed by atoms with van der Waals surface area (Å²) in [5.74, 6) is -0.0658. The predicted octanol–water partition coefficient (Wildman–Crippen LogP) is 3.39. The molecule has 2 aromatic rings. The summed E-state index contributed by atoms with van der Waals surface area (Å²) in [7, 11) is 1.46. The normalized spacial score (nSPS) is 10.3. The highest BCUT2D eigenvalue weighted by atomic mass is 35.5. The average Bonchev–Trinajstić information content (AvgIpc) is 2.68. The zero-order valence-corrected chi connectivity index (χ0v) is 16.2. The first-order chi connectivity index (χ1) is 13.0. The summed E-state index contributed by atoms with van der Waals surface area (Å²) in [6, 6.07) is 10.1. The van der Waals surface area contributed by atoms with E-state index in [0.29, 0.717) is 40.7 Å². The fourth-order valence-electron chi connectivity index (χ4n) is 2.45. The van der Waals surface area contributed by atoms with Crippen molar-refractivity contribution in [3.63, 3.8) is 0 Å². The lowest BCUT2D eigenvalue weighted by Crippen LogP contribution is -2.25. The van der Waals surface area contributed by atoms with Crippen LogP contribution in [-0.4, -0.2) is 25.5 Å². The molecule has 0 atom stereocenters. The first kappa shape index (κ1) is 20.6. The van der Waals surface area contributed by atoms with Crippen LogP contribution in [0.25, 0.3) is 0 Å². The minimum atomic E-state index is -0.324. The van der Waals surface area contributed by atoms with Crippen LogP contribution in [0.2, 0.25) is 5.02 Å². The second-order valence-electron chi connectivity index (χ2n) is 6.06. The van der Waals surface area contributed by atoms with Gasteiger partial charge >= 0.3 is 0 Å². The molecule has 0 bridgehead atoms. The van der Waals surface area contributed by atoms with Crippen LogP contribution < -0.4 is 21.1 Å². The van der Waals surface area contributed by atoms with Crippen molar-refractivity contribution < 1.29 is 14.3 Å². The predicted molar refractivity (Wildman–Crippen MR) is 107 cm³/mol. The zero-order valence-electron chi connectivity index (χ0n) is 15.5. The van der Waals surface area contributed by atoms with Crippen LogP contribution in [0.1, 0.15) is 46.0 Å². The highest BCUT2D eigenvalue weighted by Gasteiger charge is 2.15. The highest BCUT2D eigenvalue weighted by molar-refractivity contribution is 6.33. The van der Waals surface area contributed by atoms with Gasteiger partial charge in [0.15, 0.2) is 0 Å². The van der Waals surface area contributed by atoms with E-state index in [1.807, 2.05) is 12.1 Å². The molecule has 27 heavy (non-hydrogen) atoms. The minimum absolute atomic E-state index is 0.0970. The van der Waals surface area contributed by atoms with Gasteiger partial charge in [0, 0.05) is 24.7 Å². The number of anilines is 1. The van der Waals surface area contributed by atoms with Crippen molar-refractivity contribution in [3.05, 3.63) is 58.1 Å². The molecule has 0 aromatic heterocycles. The van der Waals surface area contributed by atoms with E-state index in [1.54, 1.807) is 12.1 Å². The van der Waals surface area contributed by atoms with Crippen LogP contribution in [0.5, 0.6) is 5.75 Å². The smallest absolute Gasteiger partial charge is 0.255 e. The number of carbonyl (C=O) groups excluding carboxylic acids is 2. The largest absolute Gasteiger partial charge is 0.496 e. The van der Waals surface area contributed by atoms with E-state index in [-0.39, 0.29) is 11.8 Å². The Morgan fingerprint density at radius 1 is 1.11 bits per heavy atom.